The van der Waals surface area contributed by atoms with Gasteiger partial charge in [0.15, 0.2) is 5.65 Å². The van der Waals surface area contributed by atoms with E-state index in [9.17, 15) is 18.0 Å². The smallest absolute Gasteiger partial charge is 0.375 e. The van der Waals surface area contributed by atoms with Gasteiger partial charge in [-0.3, -0.25) is 4.79 Å². The van der Waals surface area contributed by atoms with Crippen LogP contribution >= 0.6 is 22.9 Å². The van der Waals surface area contributed by atoms with Crippen LogP contribution < -0.4 is 10.6 Å². The summed E-state index contributed by atoms with van der Waals surface area (Å²) in [6.45, 7) is 5.80. The zero-order valence-electron chi connectivity index (χ0n) is 16.7. The number of hydrogen-bond acceptors (Lipinski definition) is 8. The lowest BCUT2D eigenvalue weighted by Crippen LogP contribution is -2.17. The molecule has 0 aliphatic rings. The fourth-order valence-electron chi connectivity index (χ4n) is 2.88. The summed E-state index contributed by atoms with van der Waals surface area (Å²) in [5.74, 6) is -0.929. The maximum absolute atomic E-state index is 13.0. The van der Waals surface area contributed by atoms with Crippen molar-refractivity contribution in [1.82, 2.24) is 35.2 Å². The zero-order chi connectivity index (χ0) is 23.8. The second kappa shape index (κ2) is 8.75. The molecule has 9 nitrogen and oxygen atoms in total. The second-order valence-electron chi connectivity index (χ2n) is 6.73. The number of imidazole rings is 1. The van der Waals surface area contributed by atoms with Gasteiger partial charge in [0.05, 0.1) is 34.8 Å². The molecule has 1 atom stereocenters. The summed E-state index contributed by atoms with van der Waals surface area (Å²) in [6.07, 6.45) is 0.357. The van der Waals surface area contributed by atoms with Gasteiger partial charge in [-0.15, -0.1) is 11.3 Å². The number of carbonyl (C=O) groups excluding carboxylic acids is 1. The number of pyridine rings is 1. The number of nitrogens with zero attached hydrogens (tertiary/aromatic N) is 5. The summed E-state index contributed by atoms with van der Waals surface area (Å²) in [6, 6.07) is 0.330. The fraction of sp³-hybridized carbons (Fsp3) is 0.158. The maximum Gasteiger partial charge on any atom is 0.418 e. The first-order chi connectivity index (χ1) is 15.6. The molecule has 4 heterocycles. The Morgan fingerprint density at radius 3 is 2.76 bits per heavy atom. The van der Waals surface area contributed by atoms with Gasteiger partial charge in [-0.25, -0.2) is 24.9 Å². The molecule has 4 aromatic rings. The molecule has 4 aromatic heterocycles. The third kappa shape index (κ3) is 4.78. The lowest BCUT2D eigenvalue weighted by Gasteiger charge is -2.14. The van der Waals surface area contributed by atoms with Crippen LogP contribution in [0.15, 0.2) is 37.7 Å². The van der Waals surface area contributed by atoms with Crippen molar-refractivity contribution in [3.05, 3.63) is 63.9 Å². The Morgan fingerprint density at radius 1 is 1.21 bits per heavy atom. The lowest BCUT2D eigenvalue weighted by molar-refractivity contribution is -0.137. The topological polar surface area (TPSA) is 121 Å². The van der Waals surface area contributed by atoms with Crippen molar-refractivity contribution >= 4 is 51.5 Å². The van der Waals surface area contributed by atoms with Gasteiger partial charge in [-0.1, -0.05) is 18.2 Å². The molecule has 0 saturated heterocycles. The molecule has 1 amide bonds. The summed E-state index contributed by atoms with van der Waals surface area (Å²) in [5, 5.41) is 5.48. The van der Waals surface area contributed by atoms with Crippen molar-refractivity contribution in [2.45, 2.75) is 19.1 Å². The molecule has 3 N–H and O–H groups in total. The van der Waals surface area contributed by atoms with Crippen LogP contribution in [0, 0.1) is 0 Å². The highest BCUT2D eigenvalue weighted by Gasteiger charge is 2.34. The van der Waals surface area contributed by atoms with Crippen LogP contribution in [0.3, 0.4) is 0 Å². The third-order valence-electron chi connectivity index (χ3n) is 4.42. The quantitative estimate of drug-likeness (QED) is 0.362. The molecular weight excluding hydrogens is 481 g/mol. The van der Waals surface area contributed by atoms with Crippen LogP contribution in [-0.2, 0) is 6.18 Å². The number of fused-ring (bicyclic) bond motifs is 1. The number of thiazole rings is 1. The Balaban J connectivity index is 1.46. The van der Waals surface area contributed by atoms with Gasteiger partial charge in [0.2, 0.25) is 0 Å². The van der Waals surface area contributed by atoms with Crippen molar-refractivity contribution in [2.75, 3.05) is 5.32 Å². The van der Waals surface area contributed by atoms with Crippen LogP contribution in [0.25, 0.3) is 16.9 Å². The first kappa shape index (κ1) is 22.6. The molecule has 0 aliphatic heterocycles. The van der Waals surface area contributed by atoms with Gasteiger partial charge in [-0.2, -0.15) is 13.2 Å². The summed E-state index contributed by atoms with van der Waals surface area (Å²) in [5.41, 5.74) is 1.05. The predicted octanol–water partition coefficient (Wildman–Crippen LogP) is 4.45. The highest BCUT2D eigenvalue weighted by atomic mass is 35.5. The molecule has 0 aromatic carbocycles. The molecular formula is C19H14ClF3N8OS. The Hall–Kier alpha value is -3.58. The molecule has 0 aliphatic carbocycles. The van der Waals surface area contributed by atoms with E-state index in [1.165, 1.54) is 18.9 Å². The van der Waals surface area contributed by atoms with Crippen molar-refractivity contribution in [2.24, 2.45) is 0 Å². The predicted molar refractivity (Wildman–Crippen MR) is 117 cm³/mol. The molecule has 0 bridgehead atoms. The number of amides is 1. The average Bonchev–Trinajstić information content (AvgIpc) is 3.43. The van der Waals surface area contributed by atoms with E-state index < -0.39 is 22.7 Å². The number of aromatic amines is 1. The number of hydrogen-bond donors (Lipinski definition) is 3. The van der Waals surface area contributed by atoms with Crippen molar-refractivity contribution in [3.63, 3.8) is 0 Å². The number of anilines is 1. The molecule has 4 rings (SSSR count). The van der Waals surface area contributed by atoms with Crippen LogP contribution in [0.4, 0.5) is 19.0 Å². The SMILES string of the molecule is C=C(NC(C)c1ncc(C(=O)Nc2cc(C(F)(F)F)c(Cl)cn2)s1)c1ncnc2nc[nH]c12. The summed E-state index contributed by atoms with van der Waals surface area (Å²) in [4.78, 5) is 35.9. The summed E-state index contributed by atoms with van der Waals surface area (Å²) >= 11 is 6.62. The van der Waals surface area contributed by atoms with E-state index in [0.29, 0.717) is 33.6 Å². The fourth-order valence-corrected chi connectivity index (χ4v) is 3.91. The summed E-state index contributed by atoms with van der Waals surface area (Å²) in [7, 11) is 0. The molecule has 14 heteroatoms. The highest BCUT2D eigenvalue weighted by molar-refractivity contribution is 7.13. The van der Waals surface area contributed by atoms with Gasteiger partial charge in [-0.05, 0) is 13.0 Å². The number of halogens is 4. The van der Waals surface area contributed by atoms with E-state index >= 15 is 0 Å². The van der Waals surface area contributed by atoms with E-state index in [4.69, 9.17) is 11.6 Å². The van der Waals surface area contributed by atoms with Crippen molar-refractivity contribution < 1.29 is 18.0 Å². The normalized spacial score (nSPS) is 12.5. The number of rotatable bonds is 6. The largest absolute Gasteiger partial charge is 0.418 e. The molecule has 0 saturated carbocycles. The molecule has 0 fully saturated rings. The van der Waals surface area contributed by atoms with E-state index in [0.717, 1.165) is 17.5 Å². The lowest BCUT2D eigenvalue weighted by atomic mass is 10.2. The molecule has 0 spiro atoms. The standard InChI is InChI=1S/C19H14ClF3N8OS/c1-8(14-15-16(28-6-26-14)29-7-27-15)30-9(2)18-25-5-12(33-18)17(32)31-13-3-10(19(21,22)23)11(20)4-24-13/h3-7,9,30H,1H2,2H3,(H,24,31,32)(H,26,27,28,29). The molecule has 0 radical (unpaired) electrons. The van der Waals surface area contributed by atoms with Gasteiger partial charge in [0.1, 0.15) is 33.2 Å². The number of aromatic nitrogens is 6. The first-order valence-electron chi connectivity index (χ1n) is 9.23. The number of H-pyrrole nitrogens is 1. The Bertz CT molecular complexity index is 1350. The molecule has 170 valence electrons. The minimum Gasteiger partial charge on any atom is -0.375 e. The molecule has 33 heavy (non-hydrogen) atoms. The number of nitrogens with one attached hydrogen (secondary N) is 3. The minimum absolute atomic E-state index is 0.188. The van der Waals surface area contributed by atoms with Crippen molar-refractivity contribution in [3.8, 4) is 0 Å². The van der Waals surface area contributed by atoms with Crippen molar-refractivity contribution in [1.29, 1.82) is 0 Å². The van der Waals surface area contributed by atoms with Gasteiger partial charge >= 0.3 is 6.18 Å². The first-order valence-corrected chi connectivity index (χ1v) is 10.4. The maximum atomic E-state index is 13.0. The highest BCUT2D eigenvalue weighted by Crippen LogP contribution is 2.35. The zero-order valence-corrected chi connectivity index (χ0v) is 18.3. The minimum atomic E-state index is -4.67. The van der Waals surface area contributed by atoms with E-state index in [1.807, 2.05) is 6.92 Å². The Kier molecular flexibility index (Phi) is 5.99. The van der Waals surface area contributed by atoms with Gasteiger partial charge in [0.25, 0.3) is 5.91 Å². The van der Waals surface area contributed by atoms with Crippen LogP contribution in [0.1, 0.15) is 38.9 Å². The van der Waals surface area contributed by atoms with Crippen LogP contribution in [-0.4, -0.2) is 35.8 Å². The van der Waals surface area contributed by atoms with Gasteiger partial charge < -0.3 is 15.6 Å². The van der Waals surface area contributed by atoms with Crippen LogP contribution in [0.5, 0.6) is 0 Å². The van der Waals surface area contributed by atoms with E-state index in [-0.39, 0.29) is 16.7 Å². The Morgan fingerprint density at radius 2 is 2.00 bits per heavy atom. The van der Waals surface area contributed by atoms with Gasteiger partial charge in [0, 0.05) is 6.20 Å². The monoisotopic (exact) mass is 494 g/mol. The number of alkyl halides is 3. The Labute approximate surface area is 193 Å². The van der Waals surface area contributed by atoms with Crippen LogP contribution in [0.2, 0.25) is 5.02 Å². The third-order valence-corrected chi connectivity index (χ3v) is 5.90. The number of carbonyl (C=O) groups is 1. The van der Waals surface area contributed by atoms with E-state index in [2.05, 4.69) is 47.1 Å². The average molecular weight is 495 g/mol. The summed E-state index contributed by atoms with van der Waals surface area (Å²) < 4.78 is 39.0. The van der Waals surface area contributed by atoms with E-state index in [1.54, 1.807) is 0 Å². The second-order valence-corrected chi connectivity index (χ2v) is 8.20. The molecule has 1 unspecified atom stereocenters.